The van der Waals surface area contributed by atoms with Gasteiger partial charge in [-0.05, 0) is 24.1 Å². The van der Waals surface area contributed by atoms with Gasteiger partial charge in [0.1, 0.15) is 5.82 Å². The Balaban J connectivity index is 2.07. The predicted octanol–water partition coefficient (Wildman–Crippen LogP) is 1.09. The number of aliphatic carboxylic acids is 1. The Morgan fingerprint density at radius 1 is 1.32 bits per heavy atom. The second kappa shape index (κ2) is 6.99. The van der Waals surface area contributed by atoms with Crippen molar-refractivity contribution < 1.29 is 22.7 Å². The Labute approximate surface area is 128 Å². The van der Waals surface area contributed by atoms with E-state index in [-0.39, 0.29) is 13.1 Å². The monoisotopic (exact) mass is 328 g/mol. The van der Waals surface area contributed by atoms with E-state index in [2.05, 4.69) is 4.72 Å². The molecule has 22 heavy (non-hydrogen) atoms. The van der Waals surface area contributed by atoms with Crippen LogP contribution in [0.3, 0.4) is 0 Å². The predicted molar refractivity (Wildman–Crippen MR) is 79.0 cm³/mol. The molecule has 0 bridgehead atoms. The molecule has 1 aliphatic rings. The average Bonchev–Trinajstić information content (AvgIpc) is 2.50. The zero-order valence-corrected chi connectivity index (χ0v) is 12.6. The summed E-state index contributed by atoms with van der Waals surface area (Å²) in [6.07, 6.45) is 4.27. The lowest BCUT2D eigenvalue weighted by molar-refractivity contribution is -0.138. The molecule has 1 heterocycles. The highest BCUT2D eigenvalue weighted by Gasteiger charge is 2.26. The number of halogens is 1. The summed E-state index contributed by atoms with van der Waals surface area (Å²) in [6, 6.07) is 4.97. The quantitative estimate of drug-likeness (QED) is 0.765. The van der Waals surface area contributed by atoms with E-state index in [4.69, 9.17) is 0 Å². The van der Waals surface area contributed by atoms with Crippen molar-refractivity contribution in [2.45, 2.75) is 12.3 Å². The van der Waals surface area contributed by atoms with E-state index in [1.165, 1.54) is 16.4 Å². The highest BCUT2D eigenvalue weighted by atomic mass is 32.2. The molecule has 1 aliphatic heterocycles. The first-order valence-electron chi connectivity index (χ1n) is 6.78. The van der Waals surface area contributed by atoms with Gasteiger partial charge in [-0.1, -0.05) is 24.3 Å². The number of hydrogen-bond donors (Lipinski definition) is 2. The first kappa shape index (κ1) is 16.6. The van der Waals surface area contributed by atoms with Crippen LogP contribution < -0.4 is 4.72 Å². The zero-order chi connectivity index (χ0) is 16.2. The lowest BCUT2D eigenvalue weighted by atomic mass is 10.00. The standard InChI is InChI=1S/C14H17FN2O4S/c15-12-6-4-11(5-7-12)13(14(18)19)10-16-22(20,21)17-8-2-1-3-9-17/h1-2,4-7,13,16H,3,8-10H2,(H,18,19). The van der Waals surface area contributed by atoms with Crippen molar-refractivity contribution in [3.63, 3.8) is 0 Å². The first-order chi connectivity index (χ1) is 10.4. The van der Waals surface area contributed by atoms with Gasteiger partial charge in [0.05, 0.1) is 5.92 Å². The van der Waals surface area contributed by atoms with Gasteiger partial charge in [-0.3, -0.25) is 4.79 Å². The molecule has 0 spiro atoms. The van der Waals surface area contributed by atoms with Gasteiger partial charge in [-0.2, -0.15) is 12.7 Å². The number of benzene rings is 1. The van der Waals surface area contributed by atoms with Gasteiger partial charge < -0.3 is 5.11 Å². The van der Waals surface area contributed by atoms with Crippen molar-refractivity contribution in [1.82, 2.24) is 9.03 Å². The molecular formula is C14H17FN2O4S. The van der Waals surface area contributed by atoms with Gasteiger partial charge in [0.25, 0.3) is 10.2 Å². The van der Waals surface area contributed by atoms with Crippen molar-refractivity contribution in [2.75, 3.05) is 19.6 Å². The third-order valence-electron chi connectivity index (χ3n) is 3.40. The summed E-state index contributed by atoms with van der Waals surface area (Å²) in [7, 11) is -3.73. The molecule has 6 nitrogen and oxygen atoms in total. The minimum Gasteiger partial charge on any atom is -0.481 e. The van der Waals surface area contributed by atoms with Crippen LogP contribution in [-0.4, -0.2) is 43.4 Å². The Morgan fingerprint density at radius 3 is 2.55 bits per heavy atom. The summed E-state index contributed by atoms with van der Waals surface area (Å²) < 4.78 is 40.7. The summed E-state index contributed by atoms with van der Waals surface area (Å²) in [5.41, 5.74) is 0.343. The van der Waals surface area contributed by atoms with Crippen molar-refractivity contribution in [2.24, 2.45) is 0 Å². The van der Waals surface area contributed by atoms with Crippen molar-refractivity contribution in [3.05, 3.63) is 47.8 Å². The highest BCUT2D eigenvalue weighted by molar-refractivity contribution is 7.87. The Hall–Kier alpha value is -1.77. The number of hydrogen-bond acceptors (Lipinski definition) is 3. The van der Waals surface area contributed by atoms with Crippen LogP contribution in [0.2, 0.25) is 0 Å². The summed E-state index contributed by atoms with van der Waals surface area (Å²) in [4.78, 5) is 11.3. The van der Waals surface area contributed by atoms with Crippen LogP contribution in [0.1, 0.15) is 17.9 Å². The summed E-state index contributed by atoms with van der Waals surface area (Å²) in [5, 5.41) is 9.25. The third-order valence-corrected chi connectivity index (χ3v) is 4.94. The van der Waals surface area contributed by atoms with Gasteiger partial charge in [-0.15, -0.1) is 0 Å². The van der Waals surface area contributed by atoms with Gasteiger partial charge in [0.2, 0.25) is 0 Å². The fourth-order valence-corrected chi connectivity index (χ4v) is 3.35. The van der Waals surface area contributed by atoms with E-state index >= 15 is 0 Å². The smallest absolute Gasteiger partial charge is 0.312 e. The van der Waals surface area contributed by atoms with Crippen LogP contribution in [0, 0.1) is 5.82 Å². The molecule has 8 heteroatoms. The van der Waals surface area contributed by atoms with Crippen molar-refractivity contribution in [1.29, 1.82) is 0 Å². The van der Waals surface area contributed by atoms with Gasteiger partial charge >= 0.3 is 5.97 Å². The van der Waals surface area contributed by atoms with Crippen LogP contribution in [0.15, 0.2) is 36.4 Å². The van der Waals surface area contributed by atoms with Crippen molar-refractivity contribution >= 4 is 16.2 Å². The van der Waals surface area contributed by atoms with Crippen LogP contribution in [0.4, 0.5) is 4.39 Å². The van der Waals surface area contributed by atoms with Crippen LogP contribution in [-0.2, 0) is 15.0 Å². The molecule has 120 valence electrons. The largest absolute Gasteiger partial charge is 0.481 e. The fraction of sp³-hybridized carbons (Fsp3) is 0.357. The zero-order valence-electron chi connectivity index (χ0n) is 11.8. The van der Waals surface area contributed by atoms with Crippen molar-refractivity contribution in [3.8, 4) is 0 Å². The minimum atomic E-state index is -3.73. The Morgan fingerprint density at radius 2 is 2.00 bits per heavy atom. The maximum atomic E-state index is 12.9. The SMILES string of the molecule is O=C(O)C(CNS(=O)(=O)N1CC=CCC1)c1ccc(F)cc1. The van der Waals surface area contributed by atoms with Gasteiger partial charge in [0, 0.05) is 19.6 Å². The van der Waals surface area contributed by atoms with Crippen LogP contribution in [0.5, 0.6) is 0 Å². The van der Waals surface area contributed by atoms with E-state index in [0.29, 0.717) is 18.5 Å². The van der Waals surface area contributed by atoms with E-state index in [1.54, 1.807) is 6.08 Å². The summed E-state index contributed by atoms with van der Waals surface area (Å²) >= 11 is 0. The number of carbonyl (C=O) groups is 1. The second-order valence-corrected chi connectivity index (χ2v) is 6.67. The fourth-order valence-electron chi connectivity index (χ4n) is 2.16. The maximum absolute atomic E-state index is 12.9. The number of nitrogens with one attached hydrogen (secondary N) is 1. The molecule has 0 aliphatic carbocycles. The maximum Gasteiger partial charge on any atom is 0.312 e. The molecule has 2 rings (SSSR count). The molecular weight excluding hydrogens is 311 g/mol. The molecule has 2 N–H and O–H groups in total. The normalized spacial score (nSPS) is 17.3. The number of rotatable bonds is 6. The molecule has 1 unspecified atom stereocenters. The van der Waals surface area contributed by atoms with E-state index in [1.807, 2.05) is 6.08 Å². The topological polar surface area (TPSA) is 86.7 Å². The Bertz CT molecular complexity index is 658. The van der Waals surface area contributed by atoms with E-state index in [9.17, 15) is 22.7 Å². The highest BCUT2D eigenvalue weighted by Crippen LogP contribution is 2.17. The second-order valence-electron chi connectivity index (χ2n) is 4.91. The van der Waals surface area contributed by atoms with Gasteiger partial charge in [-0.25, -0.2) is 9.11 Å². The van der Waals surface area contributed by atoms with Crippen LogP contribution >= 0.6 is 0 Å². The molecule has 0 amide bonds. The summed E-state index contributed by atoms with van der Waals surface area (Å²) in [6.45, 7) is 0.341. The first-order valence-corrected chi connectivity index (χ1v) is 8.22. The number of carboxylic acids is 1. The van der Waals surface area contributed by atoms with Crippen LogP contribution in [0.25, 0.3) is 0 Å². The Kier molecular flexibility index (Phi) is 5.28. The molecule has 0 aromatic heterocycles. The van der Waals surface area contributed by atoms with E-state index in [0.717, 1.165) is 12.1 Å². The number of nitrogens with zero attached hydrogens (tertiary/aromatic N) is 1. The molecule has 1 aromatic carbocycles. The molecule has 0 saturated heterocycles. The lowest BCUT2D eigenvalue weighted by Gasteiger charge is -2.24. The molecule has 0 radical (unpaired) electrons. The number of carboxylic acid groups (broad SMARTS) is 1. The third kappa shape index (κ3) is 4.12. The summed E-state index contributed by atoms with van der Waals surface area (Å²) in [5.74, 6) is -2.72. The molecule has 1 aromatic rings. The molecule has 0 fully saturated rings. The minimum absolute atomic E-state index is 0.267. The molecule has 0 saturated carbocycles. The lowest BCUT2D eigenvalue weighted by Crippen LogP contribution is -2.44. The molecule has 1 atom stereocenters. The van der Waals surface area contributed by atoms with E-state index < -0.39 is 27.9 Å². The van der Waals surface area contributed by atoms with Gasteiger partial charge in [0.15, 0.2) is 0 Å². The average molecular weight is 328 g/mol.